The normalized spacial score (nSPS) is 22.2. The molecule has 0 radical (unpaired) electrons. The summed E-state index contributed by atoms with van der Waals surface area (Å²) in [5, 5.41) is 0. The van der Waals surface area contributed by atoms with E-state index in [1.807, 2.05) is 11.0 Å². The summed E-state index contributed by atoms with van der Waals surface area (Å²) < 4.78 is 14.3. The van der Waals surface area contributed by atoms with E-state index in [-0.39, 0.29) is 23.4 Å². The lowest BCUT2D eigenvalue weighted by molar-refractivity contribution is 0.0764. The van der Waals surface area contributed by atoms with Crippen molar-refractivity contribution in [3.63, 3.8) is 0 Å². The van der Waals surface area contributed by atoms with Gasteiger partial charge in [0.05, 0.1) is 5.56 Å². The van der Waals surface area contributed by atoms with Crippen LogP contribution in [0.1, 0.15) is 46.2 Å². The van der Waals surface area contributed by atoms with Crippen molar-refractivity contribution in [2.75, 3.05) is 26.2 Å². The van der Waals surface area contributed by atoms with E-state index in [2.05, 4.69) is 59.5 Å². The Morgan fingerprint density at radius 2 is 1.34 bits per heavy atom. The summed E-state index contributed by atoms with van der Waals surface area (Å²) in [5.74, 6) is 0.187. The molecule has 2 heterocycles. The second-order valence-electron chi connectivity index (χ2n) is 9.00. The molecule has 3 aromatic carbocycles. The van der Waals surface area contributed by atoms with E-state index in [1.165, 1.54) is 17.2 Å². The molecule has 5 rings (SSSR count). The van der Waals surface area contributed by atoms with Crippen LogP contribution in [0.4, 0.5) is 4.39 Å². The summed E-state index contributed by atoms with van der Waals surface area (Å²) in [4.78, 5) is 17.6. The van der Waals surface area contributed by atoms with Gasteiger partial charge in [-0.15, -0.1) is 0 Å². The minimum absolute atomic E-state index is 0.169. The number of carbonyl (C=O) groups excluding carboxylic acids is 1. The predicted molar refractivity (Wildman–Crippen MR) is 125 cm³/mol. The lowest BCUT2D eigenvalue weighted by atomic mass is 9.87. The van der Waals surface area contributed by atoms with Gasteiger partial charge in [-0.3, -0.25) is 9.69 Å². The minimum atomic E-state index is -0.444. The van der Waals surface area contributed by atoms with Crippen molar-refractivity contribution in [2.45, 2.75) is 30.7 Å². The predicted octanol–water partition coefficient (Wildman–Crippen LogP) is 5.31. The third-order valence-electron chi connectivity index (χ3n) is 7.18. The van der Waals surface area contributed by atoms with Crippen LogP contribution in [0.15, 0.2) is 84.9 Å². The van der Waals surface area contributed by atoms with Crippen LogP contribution in [0, 0.1) is 5.82 Å². The smallest absolute Gasteiger partial charge is 0.256 e. The van der Waals surface area contributed by atoms with E-state index >= 15 is 0 Å². The van der Waals surface area contributed by atoms with E-state index in [4.69, 9.17) is 0 Å². The highest BCUT2D eigenvalue weighted by atomic mass is 19.1. The van der Waals surface area contributed by atoms with E-state index in [0.717, 1.165) is 25.9 Å². The Hall–Kier alpha value is -2.98. The first-order valence-corrected chi connectivity index (χ1v) is 11.6. The van der Waals surface area contributed by atoms with Crippen LogP contribution < -0.4 is 0 Å². The highest BCUT2D eigenvalue weighted by molar-refractivity contribution is 5.94. The number of rotatable bonds is 4. The van der Waals surface area contributed by atoms with Crippen molar-refractivity contribution < 1.29 is 9.18 Å². The molecule has 2 fully saturated rings. The maximum Gasteiger partial charge on any atom is 0.256 e. The summed E-state index contributed by atoms with van der Waals surface area (Å²) >= 11 is 0. The van der Waals surface area contributed by atoms with Gasteiger partial charge >= 0.3 is 0 Å². The average Bonchev–Trinajstić information content (AvgIpc) is 3.31. The molecule has 2 saturated heterocycles. The van der Waals surface area contributed by atoms with Crippen LogP contribution in [0.3, 0.4) is 0 Å². The van der Waals surface area contributed by atoms with Gasteiger partial charge in [0.25, 0.3) is 5.91 Å². The van der Waals surface area contributed by atoms with Gasteiger partial charge in [-0.25, -0.2) is 4.39 Å². The van der Waals surface area contributed by atoms with Gasteiger partial charge in [-0.2, -0.15) is 0 Å². The van der Waals surface area contributed by atoms with Crippen LogP contribution >= 0.6 is 0 Å². The molecular weight excluding hydrogens is 399 g/mol. The zero-order chi connectivity index (χ0) is 21.9. The third kappa shape index (κ3) is 4.20. The highest BCUT2D eigenvalue weighted by Gasteiger charge is 2.41. The van der Waals surface area contributed by atoms with E-state index in [1.54, 1.807) is 18.2 Å². The molecule has 2 aliphatic heterocycles. The van der Waals surface area contributed by atoms with Crippen LogP contribution in [0.2, 0.25) is 0 Å². The maximum atomic E-state index is 14.3. The number of hydrogen-bond acceptors (Lipinski definition) is 2. The molecule has 0 saturated carbocycles. The summed E-state index contributed by atoms with van der Waals surface area (Å²) in [5.41, 5.74) is 2.85. The number of amides is 1. The number of benzene rings is 3. The molecule has 0 bridgehead atoms. The van der Waals surface area contributed by atoms with Gasteiger partial charge in [-0.05, 0) is 55.1 Å². The van der Waals surface area contributed by atoms with Gasteiger partial charge in [0, 0.05) is 25.0 Å². The van der Waals surface area contributed by atoms with Crippen molar-refractivity contribution in [3.8, 4) is 0 Å². The van der Waals surface area contributed by atoms with Crippen molar-refractivity contribution in [1.82, 2.24) is 9.80 Å². The fraction of sp³-hybridized carbons (Fsp3) is 0.321. The number of likely N-dealkylation sites (tertiary alicyclic amines) is 2. The monoisotopic (exact) mass is 428 g/mol. The number of nitrogens with zero attached hydrogens (tertiary/aromatic N) is 2. The molecule has 32 heavy (non-hydrogen) atoms. The largest absolute Gasteiger partial charge is 0.336 e. The van der Waals surface area contributed by atoms with Crippen LogP contribution in [-0.2, 0) is 0 Å². The summed E-state index contributed by atoms with van der Waals surface area (Å²) in [6.07, 6.45) is 2.26. The first-order chi connectivity index (χ1) is 15.7. The van der Waals surface area contributed by atoms with Gasteiger partial charge in [0.2, 0.25) is 0 Å². The Kier molecular flexibility index (Phi) is 6.04. The molecule has 0 aromatic heterocycles. The zero-order valence-corrected chi connectivity index (χ0v) is 18.2. The van der Waals surface area contributed by atoms with Crippen LogP contribution in [-0.4, -0.2) is 47.9 Å². The van der Waals surface area contributed by atoms with Gasteiger partial charge in [-0.1, -0.05) is 72.8 Å². The van der Waals surface area contributed by atoms with E-state index < -0.39 is 5.82 Å². The maximum absolute atomic E-state index is 14.3. The van der Waals surface area contributed by atoms with E-state index in [0.29, 0.717) is 19.0 Å². The molecule has 0 N–H and O–H groups in total. The summed E-state index contributed by atoms with van der Waals surface area (Å²) in [7, 11) is 0. The molecule has 0 unspecified atom stereocenters. The molecule has 4 heteroatoms. The topological polar surface area (TPSA) is 23.6 Å². The molecule has 2 aliphatic rings. The Morgan fingerprint density at radius 3 is 2.00 bits per heavy atom. The third-order valence-corrected chi connectivity index (χ3v) is 7.18. The minimum Gasteiger partial charge on any atom is -0.336 e. The van der Waals surface area contributed by atoms with Gasteiger partial charge < -0.3 is 4.90 Å². The van der Waals surface area contributed by atoms with Crippen LogP contribution in [0.25, 0.3) is 0 Å². The first-order valence-electron chi connectivity index (χ1n) is 11.6. The van der Waals surface area contributed by atoms with Gasteiger partial charge in [0.15, 0.2) is 0 Å². The molecule has 0 spiro atoms. The fourth-order valence-corrected chi connectivity index (χ4v) is 5.44. The van der Waals surface area contributed by atoms with Crippen molar-refractivity contribution in [1.29, 1.82) is 0 Å². The van der Waals surface area contributed by atoms with Crippen molar-refractivity contribution in [3.05, 3.63) is 107 Å². The Balaban J connectivity index is 1.35. The lowest BCUT2D eigenvalue weighted by Gasteiger charge is -2.38. The lowest BCUT2D eigenvalue weighted by Crippen LogP contribution is -2.45. The second kappa shape index (κ2) is 9.25. The summed E-state index contributed by atoms with van der Waals surface area (Å²) in [6, 6.07) is 27.8. The molecule has 0 aliphatic carbocycles. The SMILES string of the molecule is O=C(c1ccccc1F)N1C[C@H](c2ccccc2)[C@@H](N2CCC(c3ccccc3)CC2)C1. The summed E-state index contributed by atoms with van der Waals surface area (Å²) in [6.45, 7) is 3.31. The second-order valence-corrected chi connectivity index (χ2v) is 9.00. The number of halogens is 1. The molecule has 2 atom stereocenters. The molecule has 3 nitrogen and oxygen atoms in total. The molecular formula is C28H29FN2O. The molecule has 3 aromatic rings. The average molecular weight is 429 g/mol. The van der Waals surface area contributed by atoms with Crippen molar-refractivity contribution in [2.24, 2.45) is 0 Å². The number of piperidine rings is 1. The molecule has 1 amide bonds. The molecule has 164 valence electrons. The quantitative estimate of drug-likeness (QED) is 0.562. The Labute approximate surface area is 189 Å². The van der Waals surface area contributed by atoms with Crippen LogP contribution in [0.5, 0.6) is 0 Å². The first kappa shape index (κ1) is 20.9. The van der Waals surface area contributed by atoms with E-state index in [9.17, 15) is 9.18 Å². The van der Waals surface area contributed by atoms with Gasteiger partial charge in [0.1, 0.15) is 5.82 Å². The Bertz CT molecular complexity index is 1050. The highest BCUT2D eigenvalue weighted by Crippen LogP contribution is 2.36. The number of carbonyl (C=O) groups is 1. The fourth-order valence-electron chi connectivity index (χ4n) is 5.44. The van der Waals surface area contributed by atoms with Crippen molar-refractivity contribution >= 4 is 5.91 Å². The number of hydrogen-bond donors (Lipinski definition) is 0. The standard InChI is InChI=1S/C28H29FN2O/c29-26-14-8-7-13-24(26)28(32)31-19-25(23-11-5-2-6-12-23)27(20-31)30-17-15-22(16-18-30)21-9-3-1-4-10-21/h1-14,22,25,27H,15-20H2/t25-,27+/m1/s1. The Morgan fingerprint density at radius 1 is 0.750 bits per heavy atom. The zero-order valence-electron chi connectivity index (χ0n) is 18.2.